The normalized spacial score (nSPS) is 20.3. The molecule has 0 saturated carbocycles. The maximum absolute atomic E-state index is 4.54. The predicted molar refractivity (Wildman–Crippen MR) is 81.8 cm³/mol. The van der Waals surface area contributed by atoms with E-state index in [2.05, 4.69) is 56.4 Å². The molecule has 0 aliphatic carbocycles. The van der Waals surface area contributed by atoms with Gasteiger partial charge in [0.05, 0.1) is 12.6 Å². The fourth-order valence-corrected chi connectivity index (χ4v) is 3.01. The van der Waals surface area contributed by atoms with E-state index < -0.39 is 0 Å². The number of nitrogens with one attached hydrogen (secondary N) is 1. The average Bonchev–Trinajstić information content (AvgIpc) is 3.08. The van der Waals surface area contributed by atoms with Crippen molar-refractivity contribution in [3.63, 3.8) is 0 Å². The second-order valence-corrected chi connectivity index (χ2v) is 5.93. The predicted octanol–water partition coefficient (Wildman–Crippen LogP) is 1.34. The van der Waals surface area contributed by atoms with Crippen LogP contribution in [0.4, 0.5) is 0 Å². The average molecular weight is 288 g/mol. The first-order valence-corrected chi connectivity index (χ1v) is 7.60. The van der Waals surface area contributed by atoms with Crippen LogP contribution in [0.25, 0.3) is 0 Å². The van der Waals surface area contributed by atoms with Crippen molar-refractivity contribution >= 4 is 0 Å². The molecule has 2 aromatic heterocycles. The summed E-state index contributed by atoms with van der Waals surface area (Å²) in [6.45, 7) is 8.22. The molecule has 1 aliphatic rings. The van der Waals surface area contributed by atoms with Crippen LogP contribution in [-0.4, -0.2) is 43.6 Å². The third kappa shape index (κ3) is 2.87. The lowest BCUT2D eigenvalue weighted by molar-refractivity contribution is 0.139. The molecule has 21 heavy (non-hydrogen) atoms. The largest absolute Gasteiger partial charge is 0.337 e. The standard InChI is InChI=1S/C15H24N6/c1-12(2)21-9-6-17-14(21)11-20-8-4-16-10-13(20)15-18-5-7-19(15)3/h5-7,9,12-13,16H,4,8,10-11H2,1-3H3. The summed E-state index contributed by atoms with van der Waals surface area (Å²) in [5.74, 6) is 2.25. The van der Waals surface area contributed by atoms with Crippen LogP contribution >= 0.6 is 0 Å². The SMILES string of the molecule is CC(C)n1ccnc1CN1CCNCC1c1nccn1C. The number of nitrogens with zero attached hydrogens (tertiary/aromatic N) is 5. The second-order valence-electron chi connectivity index (χ2n) is 5.93. The molecule has 0 amide bonds. The molecule has 2 aromatic rings. The van der Waals surface area contributed by atoms with Crippen molar-refractivity contribution < 1.29 is 0 Å². The van der Waals surface area contributed by atoms with E-state index in [0.717, 1.165) is 37.8 Å². The van der Waals surface area contributed by atoms with Crippen molar-refractivity contribution in [1.82, 2.24) is 29.3 Å². The molecule has 0 aromatic carbocycles. The molecule has 1 fully saturated rings. The zero-order valence-corrected chi connectivity index (χ0v) is 13.0. The minimum atomic E-state index is 0.302. The van der Waals surface area contributed by atoms with Gasteiger partial charge in [0.2, 0.25) is 0 Å². The molecule has 1 atom stereocenters. The molecular formula is C15H24N6. The molecule has 1 aliphatic heterocycles. The quantitative estimate of drug-likeness (QED) is 0.922. The van der Waals surface area contributed by atoms with Crippen LogP contribution in [-0.2, 0) is 13.6 Å². The lowest BCUT2D eigenvalue weighted by Gasteiger charge is -2.35. The third-order valence-electron chi connectivity index (χ3n) is 4.16. The highest BCUT2D eigenvalue weighted by Crippen LogP contribution is 2.23. The fourth-order valence-electron chi connectivity index (χ4n) is 3.01. The summed E-state index contributed by atoms with van der Waals surface area (Å²) in [5, 5.41) is 3.48. The van der Waals surface area contributed by atoms with E-state index in [0.29, 0.717) is 12.1 Å². The number of rotatable bonds is 4. The maximum Gasteiger partial charge on any atom is 0.127 e. The second kappa shape index (κ2) is 5.99. The highest BCUT2D eigenvalue weighted by atomic mass is 15.3. The Labute approximate surface area is 125 Å². The van der Waals surface area contributed by atoms with Gasteiger partial charge in [-0.3, -0.25) is 4.90 Å². The van der Waals surface area contributed by atoms with Gasteiger partial charge < -0.3 is 14.5 Å². The summed E-state index contributed by atoms with van der Waals surface area (Å²) >= 11 is 0. The smallest absolute Gasteiger partial charge is 0.127 e. The first kappa shape index (κ1) is 14.3. The van der Waals surface area contributed by atoms with Gasteiger partial charge in [0.15, 0.2) is 0 Å². The van der Waals surface area contributed by atoms with Gasteiger partial charge in [-0.15, -0.1) is 0 Å². The molecule has 6 heteroatoms. The summed E-state index contributed by atoms with van der Waals surface area (Å²) in [4.78, 5) is 11.5. The molecule has 3 heterocycles. The van der Waals surface area contributed by atoms with E-state index in [4.69, 9.17) is 0 Å². The van der Waals surface area contributed by atoms with Gasteiger partial charge in [-0.2, -0.15) is 0 Å². The van der Waals surface area contributed by atoms with Crippen LogP contribution in [0.5, 0.6) is 0 Å². The Bertz CT molecular complexity index is 585. The molecule has 0 spiro atoms. The molecule has 114 valence electrons. The summed E-state index contributed by atoms with van der Waals surface area (Å²) in [7, 11) is 2.06. The monoisotopic (exact) mass is 288 g/mol. The lowest BCUT2D eigenvalue weighted by Crippen LogP contribution is -2.46. The topological polar surface area (TPSA) is 50.9 Å². The summed E-state index contributed by atoms with van der Waals surface area (Å²) < 4.78 is 4.36. The highest BCUT2D eigenvalue weighted by Gasteiger charge is 2.27. The van der Waals surface area contributed by atoms with Crippen molar-refractivity contribution in [3.05, 3.63) is 36.4 Å². The van der Waals surface area contributed by atoms with Crippen molar-refractivity contribution in [2.45, 2.75) is 32.5 Å². The number of imidazole rings is 2. The molecule has 1 unspecified atom stereocenters. The van der Waals surface area contributed by atoms with Gasteiger partial charge in [0.1, 0.15) is 11.6 Å². The van der Waals surface area contributed by atoms with Crippen molar-refractivity contribution in [1.29, 1.82) is 0 Å². The highest BCUT2D eigenvalue weighted by molar-refractivity contribution is 5.04. The first-order valence-electron chi connectivity index (χ1n) is 7.60. The fraction of sp³-hybridized carbons (Fsp3) is 0.600. The van der Waals surface area contributed by atoms with Crippen LogP contribution < -0.4 is 5.32 Å². The van der Waals surface area contributed by atoms with E-state index in [1.54, 1.807) is 0 Å². The molecule has 0 bridgehead atoms. The van der Waals surface area contributed by atoms with Crippen molar-refractivity contribution in [2.75, 3.05) is 19.6 Å². The van der Waals surface area contributed by atoms with Crippen LogP contribution in [0.1, 0.15) is 37.6 Å². The van der Waals surface area contributed by atoms with E-state index in [9.17, 15) is 0 Å². The first-order chi connectivity index (χ1) is 10.2. The molecule has 6 nitrogen and oxygen atoms in total. The Hall–Kier alpha value is -1.66. The molecule has 1 N–H and O–H groups in total. The third-order valence-corrected chi connectivity index (χ3v) is 4.16. The minimum absolute atomic E-state index is 0.302. The zero-order chi connectivity index (χ0) is 14.8. The summed E-state index contributed by atoms with van der Waals surface area (Å²) in [6.07, 6.45) is 7.85. The summed E-state index contributed by atoms with van der Waals surface area (Å²) in [6, 6.07) is 0.744. The Balaban J connectivity index is 1.82. The van der Waals surface area contributed by atoms with Gasteiger partial charge in [0, 0.05) is 57.5 Å². The number of hydrogen-bond acceptors (Lipinski definition) is 4. The van der Waals surface area contributed by atoms with Gasteiger partial charge in [0.25, 0.3) is 0 Å². The Morgan fingerprint density at radius 1 is 1.29 bits per heavy atom. The zero-order valence-electron chi connectivity index (χ0n) is 13.0. The maximum atomic E-state index is 4.54. The van der Waals surface area contributed by atoms with Crippen molar-refractivity contribution in [3.8, 4) is 0 Å². The Morgan fingerprint density at radius 2 is 2.10 bits per heavy atom. The Kier molecular flexibility index (Phi) is 4.07. The lowest BCUT2D eigenvalue weighted by atomic mass is 10.1. The number of aryl methyl sites for hydroxylation is 1. The minimum Gasteiger partial charge on any atom is -0.337 e. The van der Waals surface area contributed by atoms with Crippen molar-refractivity contribution in [2.24, 2.45) is 7.05 Å². The van der Waals surface area contributed by atoms with Crippen LogP contribution in [0.3, 0.4) is 0 Å². The molecule has 1 saturated heterocycles. The van der Waals surface area contributed by atoms with Crippen LogP contribution in [0.15, 0.2) is 24.8 Å². The van der Waals surface area contributed by atoms with E-state index in [1.807, 2.05) is 18.6 Å². The molecule has 0 radical (unpaired) electrons. The van der Waals surface area contributed by atoms with E-state index in [-0.39, 0.29) is 0 Å². The number of piperazine rings is 1. The van der Waals surface area contributed by atoms with Gasteiger partial charge >= 0.3 is 0 Å². The summed E-state index contributed by atoms with van der Waals surface area (Å²) in [5.41, 5.74) is 0. The van der Waals surface area contributed by atoms with Gasteiger partial charge in [-0.25, -0.2) is 9.97 Å². The van der Waals surface area contributed by atoms with E-state index >= 15 is 0 Å². The van der Waals surface area contributed by atoms with E-state index in [1.165, 1.54) is 0 Å². The van der Waals surface area contributed by atoms with Gasteiger partial charge in [-0.05, 0) is 13.8 Å². The number of aromatic nitrogens is 4. The van der Waals surface area contributed by atoms with Crippen LogP contribution in [0, 0.1) is 0 Å². The number of hydrogen-bond donors (Lipinski definition) is 1. The van der Waals surface area contributed by atoms with Gasteiger partial charge in [-0.1, -0.05) is 0 Å². The molecule has 3 rings (SSSR count). The van der Waals surface area contributed by atoms with Crippen LogP contribution in [0.2, 0.25) is 0 Å². The Morgan fingerprint density at radius 3 is 2.81 bits per heavy atom. The molecular weight excluding hydrogens is 264 g/mol.